The number of phenols is 1. The molecule has 32 heavy (non-hydrogen) atoms. The Morgan fingerprint density at radius 3 is 2.84 bits per heavy atom. The number of hydrogen-bond acceptors (Lipinski definition) is 5. The molecule has 170 valence electrons. The standard InChI is InChI=1S/C26H34N4O2/c1-16(2)22-11-19(12-25-29-23-6-5-9-28-26(23)30-25)17(3)10-20(22)15-27-14-18-7-8-21(32-4)13-24(18)31/h5-10,13,16,19-20,22,27,31H,11-12,14-15H2,1-4H3,(H,28,29,30)/t19-,20-,22-/m0/s1. The van der Waals surface area contributed by atoms with Crippen molar-refractivity contribution in [3.63, 3.8) is 0 Å². The lowest BCUT2D eigenvalue weighted by molar-refractivity contribution is 0.221. The molecule has 0 fully saturated rings. The predicted octanol–water partition coefficient (Wildman–Crippen LogP) is 4.86. The highest BCUT2D eigenvalue weighted by molar-refractivity contribution is 5.69. The summed E-state index contributed by atoms with van der Waals surface area (Å²) in [5, 5.41) is 13.8. The third-order valence-electron chi connectivity index (χ3n) is 6.82. The van der Waals surface area contributed by atoms with Gasteiger partial charge in [0.2, 0.25) is 0 Å². The molecule has 3 N–H and O–H groups in total. The zero-order valence-corrected chi connectivity index (χ0v) is 19.4. The van der Waals surface area contributed by atoms with Crippen LogP contribution >= 0.6 is 0 Å². The van der Waals surface area contributed by atoms with Crippen LogP contribution in [0, 0.1) is 23.7 Å². The first-order chi connectivity index (χ1) is 15.4. The van der Waals surface area contributed by atoms with Gasteiger partial charge in [-0.1, -0.05) is 31.6 Å². The maximum absolute atomic E-state index is 10.2. The molecule has 4 rings (SSSR count). The number of aromatic hydroxyl groups is 1. The molecule has 0 saturated carbocycles. The number of benzene rings is 1. The molecule has 0 amide bonds. The topological polar surface area (TPSA) is 83.1 Å². The Morgan fingerprint density at radius 1 is 1.28 bits per heavy atom. The van der Waals surface area contributed by atoms with Crippen molar-refractivity contribution in [1.82, 2.24) is 20.3 Å². The van der Waals surface area contributed by atoms with E-state index in [0.29, 0.717) is 36.0 Å². The van der Waals surface area contributed by atoms with Gasteiger partial charge in [-0.15, -0.1) is 0 Å². The molecule has 0 aliphatic heterocycles. The fourth-order valence-corrected chi connectivity index (χ4v) is 4.93. The quantitative estimate of drug-likeness (QED) is 0.441. The molecule has 2 aromatic heterocycles. The summed E-state index contributed by atoms with van der Waals surface area (Å²) in [6.07, 6.45) is 6.32. The Bertz CT molecular complexity index is 1060. The van der Waals surface area contributed by atoms with E-state index in [0.717, 1.165) is 41.9 Å². The van der Waals surface area contributed by atoms with Gasteiger partial charge in [-0.25, -0.2) is 9.97 Å². The first kappa shape index (κ1) is 22.3. The number of rotatable bonds is 8. The van der Waals surface area contributed by atoms with Crippen molar-refractivity contribution in [2.24, 2.45) is 23.7 Å². The van der Waals surface area contributed by atoms with E-state index in [2.05, 4.69) is 42.1 Å². The largest absolute Gasteiger partial charge is 0.507 e. The number of aromatic amines is 1. The maximum atomic E-state index is 10.2. The molecule has 6 nitrogen and oxygen atoms in total. The highest BCUT2D eigenvalue weighted by Gasteiger charge is 2.32. The molecule has 0 unspecified atom stereocenters. The van der Waals surface area contributed by atoms with Crippen LogP contribution in [0.1, 0.15) is 38.6 Å². The lowest BCUT2D eigenvalue weighted by Gasteiger charge is -2.37. The Balaban J connectivity index is 1.41. The molecule has 1 aromatic carbocycles. The molecule has 0 radical (unpaired) electrons. The first-order valence-corrected chi connectivity index (χ1v) is 11.5. The summed E-state index contributed by atoms with van der Waals surface area (Å²) in [5.74, 6) is 4.12. The second-order valence-corrected chi connectivity index (χ2v) is 9.30. The van der Waals surface area contributed by atoms with E-state index < -0.39 is 0 Å². The summed E-state index contributed by atoms with van der Waals surface area (Å²) in [4.78, 5) is 12.5. The predicted molar refractivity (Wildman–Crippen MR) is 128 cm³/mol. The molecule has 3 aromatic rings. The van der Waals surface area contributed by atoms with Crippen molar-refractivity contribution in [2.75, 3.05) is 13.7 Å². The molecule has 3 atom stereocenters. The van der Waals surface area contributed by atoms with Crippen LogP contribution in [0.15, 0.2) is 48.2 Å². The Hall–Kier alpha value is -2.86. The molecule has 0 saturated heterocycles. The second kappa shape index (κ2) is 9.74. The molecule has 0 spiro atoms. The molecular weight excluding hydrogens is 400 g/mol. The number of H-pyrrole nitrogens is 1. The fourth-order valence-electron chi connectivity index (χ4n) is 4.93. The molecule has 2 heterocycles. The summed E-state index contributed by atoms with van der Waals surface area (Å²) in [7, 11) is 1.61. The van der Waals surface area contributed by atoms with Crippen molar-refractivity contribution >= 4 is 11.2 Å². The van der Waals surface area contributed by atoms with Gasteiger partial charge in [0.05, 0.1) is 12.6 Å². The number of ether oxygens (including phenoxy) is 1. The Labute approximate surface area is 190 Å². The molecular formula is C26H34N4O2. The van der Waals surface area contributed by atoms with Crippen LogP contribution < -0.4 is 10.1 Å². The number of nitrogens with one attached hydrogen (secondary N) is 2. The number of fused-ring (bicyclic) bond motifs is 1. The van der Waals surface area contributed by atoms with Gasteiger partial charge in [0, 0.05) is 37.3 Å². The SMILES string of the molecule is COc1ccc(CNC[C@@H]2C=C(C)[C@H](Cc3nc4ncccc4[nH]3)C[C@H]2C(C)C)c(O)c1. The molecule has 1 aliphatic rings. The van der Waals surface area contributed by atoms with E-state index in [9.17, 15) is 5.11 Å². The van der Waals surface area contributed by atoms with Crippen LogP contribution in [0.5, 0.6) is 11.5 Å². The van der Waals surface area contributed by atoms with Gasteiger partial charge >= 0.3 is 0 Å². The Kier molecular flexibility index (Phi) is 6.80. The van der Waals surface area contributed by atoms with Gasteiger partial charge < -0.3 is 20.1 Å². The van der Waals surface area contributed by atoms with Crippen LogP contribution in [0.25, 0.3) is 11.2 Å². The van der Waals surface area contributed by atoms with E-state index in [-0.39, 0.29) is 5.75 Å². The third kappa shape index (κ3) is 4.96. The van der Waals surface area contributed by atoms with Gasteiger partial charge in [0.15, 0.2) is 5.65 Å². The van der Waals surface area contributed by atoms with E-state index in [4.69, 9.17) is 9.72 Å². The van der Waals surface area contributed by atoms with Crippen LogP contribution in [0.4, 0.5) is 0 Å². The minimum Gasteiger partial charge on any atom is -0.507 e. The number of pyridine rings is 1. The van der Waals surface area contributed by atoms with E-state index in [1.54, 1.807) is 19.4 Å². The monoisotopic (exact) mass is 434 g/mol. The summed E-state index contributed by atoms with van der Waals surface area (Å²) in [6.45, 7) is 8.43. The van der Waals surface area contributed by atoms with Gasteiger partial charge in [-0.2, -0.15) is 0 Å². The average Bonchev–Trinajstić information content (AvgIpc) is 3.18. The average molecular weight is 435 g/mol. The molecule has 0 bridgehead atoms. The van der Waals surface area contributed by atoms with Crippen molar-refractivity contribution in [2.45, 2.75) is 40.2 Å². The summed E-state index contributed by atoms with van der Waals surface area (Å²) >= 11 is 0. The van der Waals surface area contributed by atoms with Gasteiger partial charge in [-0.3, -0.25) is 0 Å². The number of methoxy groups -OCH3 is 1. The van der Waals surface area contributed by atoms with Gasteiger partial charge in [0.25, 0.3) is 0 Å². The van der Waals surface area contributed by atoms with Crippen LogP contribution in [0.3, 0.4) is 0 Å². The van der Waals surface area contributed by atoms with Crippen LogP contribution in [-0.4, -0.2) is 33.7 Å². The number of imidazole rings is 1. The van der Waals surface area contributed by atoms with Gasteiger partial charge in [0.1, 0.15) is 17.3 Å². The first-order valence-electron chi connectivity index (χ1n) is 11.5. The van der Waals surface area contributed by atoms with Crippen molar-refractivity contribution < 1.29 is 9.84 Å². The maximum Gasteiger partial charge on any atom is 0.177 e. The highest BCUT2D eigenvalue weighted by atomic mass is 16.5. The smallest absolute Gasteiger partial charge is 0.177 e. The normalized spacial score (nSPS) is 21.2. The minimum atomic E-state index is 0.271. The Morgan fingerprint density at radius 2 is 2.12 bits per heavy atom. The lowest BCUT2D eigenvalue weighted by Crippen LogP contribution is -2.34. The number of phenolic OH excluding ortho intramolecular Hbond substituents is 1. The summed E-state index contributed by atoms with van der Waals surface area (Å²) in [5.41, 5.74) is 4.13. The zero-order valence-electron chi connectivity index (χ0n) is 19.4. The van der Waals surface area contributed by atoms with Crippen LogP contribution in [0.2, 0.25) is 0 Å². The highest BCUT2D eigenvalue weighted by Crippen LogP contribution is 2.38. The molecule has 1 aliphatic carbocycles. The van der Waals surface area contributed by atoms with Crippen LogP contribution in [-0.2, 0) is 13.0 Å². The fraction of sp³-hybridized carbons (Fsp3) is 0.462. The van der Waals surface area contributed by atoms with Crippen molar-refractivity contribution in [1.29, 1.82) is 0 Å². The molecule has 6 heteroatoms. The zero-order chi connectivity index (χ0) is 22.7. The number of allylic oxidation sites excluding steroid dienone is 1. The van der Waals surface area contributed by atoms with E-state index in [1.807, 2.05) is 24.3 Å². The van der Waals surface area contributed by atoms with Crippen molar-refractivity contribution in [3.8, 4) is 11.5 Å². The van der Waals surface area contributed by atoms with Crippen molar-refractivity contribution in [3.05, 3.63) is 59.6 Å². The number of aromatic nitrogens is 3. The number of hydrogen-bond donors (Lipinski definition) is 3. The lowest BCUT2D eigenvalue weighted by atomic mass is 9.70. The third-order valence-corrected chi connectivity index (χ3v) is 6.82. The number of nitrogens with zero attached hydrogens (tertiary/aromatic N) is 2. The summed E-state index contributed by atoms with van der Waals surface area (Å²) in [6, 6.07) is 9.43. The van der Waals surface area contributed by atoms with E-state index in [1.165, 1.54) is 5.57 Å². The minimum absolute atomic E-state index is 0.271. The van der Waals surface area contributed by atoms with E-state index >= 15 is 0 Å². The second-order valence-electron chi connectivity index (χ2n) is 9.30. The van der Waals surface area contributed by atoms with Gasteiger partial charge in [-0.05, 0) is 55.2 Å². The summed E-state index contributed by atoms with van der Waals surface area (Å²) < 4.78 is 5.17.